The SMILES string of the molecule is CC(C)SCC(=O)N1CCc2oc(C3CCOC3)nc2C1. The fourth-order valence-electron chi connectivity index (χ4n) is 2.66. The van der Waals surface area contributed by atoms with Crippen molar-refractivity contribution in [2.75, 3.05) is 25.5 Å². The normalized spacial score (nSPS) is 21.9. The van der Waals surface area contributed by atoms with E-state index in [1.807, 2.05) is 4.90 Å². The van der Waals surface area contributed by atoms with E-state index in [0.29, 0.717) is 24.2 Å². The molecule has 5 nitrogen and oxygen atoms in total. The summed E-state index contributed by atoms with van der Waals surface area (Å²) in [5.41, 5.74) is 0.936. The second-order valence-corrected chi connectivity index (χ2v) is 7.47. The summed E-state index contributed by atoms with van der Waals surface area (Å²) in [6.45, 7) is 7.03. The van der Waals surface area contributed by atoms with Crippen molar-refractivity contribution in [2.24, 2.45) is 0 Å². The number of aromatic nitrogens is 1. The summed E-state index contributed by atoms with van der Waals surface area (Å²) in [4.78, 5) is 18.7. The van der Waals surface area contributed by atoms with Crippen LogP contribution in [0.4, 0.5) is 0 Å². The minimum absolute atomic E-state index is 0.202. The van der Waals surface area contributed by atoms with Crippen molar-refractivity contribution in [3.63, 3.8) is 0 Å². The molecule has 0 N–H and O–H groups in total. The van der Waals surface area contributed by atoms with Gasteiger partial charge < -0.3 is 14.1 Å². The Morgan fingerprint density at radius 2 is 2.38 bits per heavy atom. The Morgan fingerprint density at radius 1 is 1.52 bits per heavy atom. The van der Waals surface area contributed by atoms with Crippen molar-refractivity contribution < 1.29 is 13.9 Å². The molecule has 1 amide bonds. The molecule has 2 aliphatic rings. The molecule has 3 heterocycles. The average Bonchev–Trinajstić information content (AvgIpc) is 3.11. The molecule has 1 fully saturated rings. The molecule has 1 atom stereocenters. The van der Waals surface area contributed by atoms with Crippen LogP contribution in [0.1, 0.15) is 43.5 Å². The highest BCUT2D eigenvalue weighted by Gasteiger charge is 2.29. The molecule has 1 saturated heterocycles. The number of fused-ring (bicyclic) bond motifs is 1. The second kappa shape index (κ2) is 6.40. The maximum atomic E-state index is 12.2. The Morgan fingerprint density at radius 3 is 3.10 bits per heavy atom. The molecule has 0 spiro atoms. The van der Waals surface area contributed by atoms with Crippen molar-refractivity contribution in [1.29, 1.82) is 0 Å². The zero-order valence-electron chi connectivity index (χ0n) is 12.6. The van der Waals surface area contributed by atoms with E-state index in [0.717, 1.165) is 43.3 Å². The van der Waals surface area contributed by atoms with Crippen LogP contribution in [0.15, 0.2) is 4.42 Å². The van der Waals surface area contributed by atoms with Gasteiger partial charge in [0.1, 0.15) is 11.5 Å². The van der Waals surface area contributed by atoms with E-state index in [-0.39, 0.29) is 11.8 Å². The molecule has 1 aromatic heterocycles. The first-order valence-corrected chi connectivity index (χ1v) is 8.64. The number of thioether (sulfide) groups is 1. The van der Waals surface area contributed by atoms with Crippen LogP contribution in [-0.4, -0.2) is 46.6 Å². The van der Waals surface area contributed by atoms with Crippen molar-refractivity contribution in [2.45, 2.75) is 44.4 Å². The van der Waals surface area contributed by atoms with Crippen molar-refractivity contribution in [3.8, 4) is 0 Å². The Bertz CT molecular complexity index is 509. The highest BCUT2D eigenvalue weighted by atomic mass is 32.2. The molecular formula is C15H22N2O3S. The molecule has 0 aromatic carbocycles. The van der Waals surface area contributed by atoms with Crippen LogP contribution in [0.2, 0.25) is 0 Å². The molecule has 0 radical (unpaired) electrons. The van der Waals surface area contributed by atoms with Crippen LogP contribution in [0.3, 0.4) is 0 Å². The summed E-state index contributed by atoms with van der Waals surface area (Å²) in [5, 5.41) is 0.482. The molecular weight excluding hydrogens is 288 g/mol. The molecule has 0 bridgehead atoms. The lowest BCUT2D eigenvalue weighted by Gasteiger charge is -2.25. The van der Waals surface area contributed by atoms with E-state index < -0.39 is 0 Å². The first-order valence-electron chi connectivity index (χ1n) is 7.59. The van der Waals surface area contributed by atoms with E-state index >= 15 is 0 Å². The Kier molecular flexibility index (Phi) is 4.54. The molecule has 2 aliphatic heterocycles. The van der Waals surface area contributed by atoms with Gasteiger partial charge in [0, 0.05) is 19.6 Å². The number of rotatable bonds is 4. The fraction of sp³-hybridized carbons (Fsp3) is 0.733. The van der Waals surface area contributed by atoms with Gasteiger partial charge in [0.2, 0.25) is 5.91 Å². The van der Waals surface area contributed by atoms with E-state index in [1.165, 1.54) is 0 Å². The monoisotopic (exact) mass is 310 g/mol. The van der Waals surface area contributed by atoms with Crippen molar-refractivity contribution in [3.05, 3.63) is 17.3 Å². The number of carbonyl (C=O) groups excluding carboxylic acids is 1. The molecule has 1 aromatic rings. The van der Waals surface area contributed by atoms with Gasteiger partial charge in [-0.1, -0.05) is 13.8 Å². The minimum Gasteiger partial charge on any atom is -0.445 e. The second-order valence-electron chi connectivity index (χ2n) is 5.91. The highest BCUT2D eigenvalue weighted by molar-refractivity contribution is 8.00. The third kappa shape index (κ3) is 3.43. The van der Waals surface area contributed by atoms with Crippen molar-refractivity contribution >= 4 is 17.7 Å². The number of hydrogen-bond acceptors (Lipinski definition) is 5. The number of nitrogens with zero attached hydrogens (tertiary/aromatic N) is 2. The number of ether oxygens (including phenoxy) is 1. The summed E-state index contributed by atoms with van der Waals surface area (Å²) in [6.07, 6.45) is 1.75. The third-order valence-electron chi connectivity index (χ3n) is 3.92. The lowest BCUT2D eigenvalue weighted by Crippen LogP contribution is -2.37. The van der Waals surface area contributed by atoms with Gasteiger partial charge in [0.25, 0.3) is 0 Å². The number of amides is 1. The standard InChI is InChI=1S/C15H22N2O3S/c1-10(2)21-9-14(18)17-5-3-13-12(7-17)16-15(20-13)11-4-6-19-8-11/h10-11H,3-9H2,1-2H3. The van der Waals surface area contributed by atoms with Crippen LogP contribution in [0.5, 0.6) is 0 Å². The van der Waals surface area contributed by atoms with Gasteiger partial charge in [-0.25, -0.2) is 4.98 Å². The molecule has 3 rings (SSSR count). The van der Waals surface area contributed by atoms with Gasteiger partial charge in [-0.05, 0) is 11.7 Å². The van der Waals surface area contributed by atoms with Gasteiger partial charge in [-0.3, -0.25) is 4.79 Å². The van der Waals surface area contributed by atoms with E-state index in [4.69, 9.17) is 9.15 Å². The Balaban J connectivity index is 1.63. The smallest absolute Gasteiger partial charge is 0.232 e. The van der Waals surface area contributed by atoms with E-state index in [1.54, 1.807) is 11.8 Å². The molecule has 21 heavy (non-hydrogen) atoms. The molecule has 1 unspecified atom stereocenters. The number of oxazole rings is 1. The van der Waals surface area contributed by atoms with Crippen LogP contribution >= 0.6 is 11.8 Å². The average molecular weight is 310 g/mol. The topological polar surface area (TPSA) is 55.6 Å². The first kappa shape index (κ1) is 14.9. The zero-order chi connectivity index (χ0) is 14.8. The minimum atomic E-state index is 0.202. The summed E-state index contributed by atoms with van der Waals surface area (Å²) < 4.78 is 11.3. The molecule has 116 valence electrons. The summed E-state index contributed by atoms with van der Waals surface area (Å²) in [7, 11) is 0. The highest BCUT2D eigenvalue weighted by Crippen LogP contribution is 2.29. The quantitative estimate of drug-likeness (QED) is 0.853. The predicted octanol–water partition coefficient (Wildman–Crippen LogP) is 2.20. The summed E-state index contributed by atoms with van der Waals surface area (Å²) in [6, 6.07) is 0. The van der Waals surface area contributed by atoms with E-state index in [2.05, 4.69) is 18.8 Å². The van der Waals surface area contributed by atoms with Gasteiger partial charge in [-0.15, -0.1) is 11.8 Å². The van der Waals surface area contributed by atoms with Crippen LogP contribution in [0.25, 0.3) is 0 Å². The van der Waals surface area contributed by atoms with Gasteiger partial charge in [-0.2, -0.15) is 0 Å². The maximum absolute atomic E-state index is 12.2. The molecule has 0 aliphatic carbocycles. The lowest BCUT2D eigenvalue weighted by atomic mass is 10.1. The van der Waals surface area contributed by atoms with Crippen LogP contribution in [-0.2, 0) is 22.5 Å². The van der Waals surface area contributed by atoms with Crippen LogP contribution < -0.4 is 0 Å². The maximum Gasteiger partial charge on any atom is 0.232 e. The first-order chi connectivity index (χ1) is 10.1. The number of carbonyl (C=O) groups is 1. The third-order valence-corrected chi connectivity index (χ3v) is 5.00. The van der Waals surface area contributed by atoms with Gasteiger partial charge in [0.05, 0.1) is 24.8 Å². The largest absolute Gasteiger partial charge is 0.445 e. The molecule has 0 saturated carbocycles. The predicted molar refractivity (Wildman–Crippen MR) is 81.4 cm³/mol. The lowest BCUT2D eigenvalue weighted by molar-refractivity contribution is -0.129. The van der Waals surface area contributed by atoms with Crippen LogP contribution in [0, 0.1) is 0 Å². The Labute approximate surface area is 129 Å². The Hall–Kier alpha value is -1.01. The fourth-order valence-corrected chi connectivity index (χ4v) is 3.32. The molecule has 6 heteroatoms. The van der Waals surface area contributed by atoms with Gasteiger partial charge >= 0.3 is 0 Å². The van der Waals surface area contributed by atoms with E-state index in [9.17, 15) is 4.79 Å². The number of hydrogen-bond donors (Lipinski definition) is 0. The van der Waals surface area contributed by atoms with Gasteiger partial charge in [0.15, 0.2) is 5.89 Å². The van der Waals surface area contributed by atoms with Crippen molar-refractivity contribution in [1.82, 2.24) is 9.88 Å². The summed E-state index contributed by atoms with van der Waals surface area (Å²) in [5.74, 6) is 2.79. The summed E-state index contributed by atoms with van der Waals surface area (Å²) >= 11 is 1.69. The zero-order valence-corrected chi connectivity index (χ0v) is 13.4.